The van der Waals surface area contributed by atoms with E-state index in [2.05, 4.69) is 21.8 Å². The van der Waals surface area contributed by atoms with Gasteiger partial charge in [-0.05, 0) is 64.0 Å². The second-order valence-electron chi connectivity index (χ2n) is 10.4. The molecule has 2 saturated heterocycles. The van der Waals surface area contributed by atoms with E-state index in [9.17, 15) is 4.79 Å². The Bertz CT molecular complexity index is 1050. The van der Waals surface area contributed by atoms with E-state index in [-0.39, 0.29) is 5.41 Å². The van der Waals surface area contributed by atoms with Gasteiger partial charge in [-0.15, -0.1) is 0 Å². The lowest BCUT2D eigenvalue weighted by Gasteiger charge is -2.41. The van der Waals surface area contributed by atoms with Gasteiger partial charge in [0.25, 0.3) is 0 Å². The first-order valence-corrected chi connectivity index (χ1v) is 11.7. The third-order valence-corrected chi connectivity index (χ3v) is 7.98. The standard InChI is InChI=1S/C24H32BClN4O3/c1-15-7-8-16(20(26)19(15)21(27)31)24(6)9-11-30(12-10-24)18-14-28-17(13-29-18)25-32-22(2,3)23(4,5)33-25/h7-8,13-14H,9-12H2,1-6H3,(H2,27,31). The number of carbonyl (C=O) groups is 1. The molecule has 0 radical (unpaired) electrons. The molecule has 0 saturated carbocycles. The Labute approximate surface area is 201 Å². The third-order valence-electron chi connectivity index (χ3n) is 7.59. The van der Waals surface area contributed by atoms with Crippen LogP contribution >= 0.6 is 11.6 Å². The summed E-state index contributed by atoms with van der Waals surface area (Å²) in [7, 11) is -0.524. The first kappa shape index (κ1) is 24.0. The van der Waals surface area contributed by atoms with Gasteiger partial charge in [-0.3, -0.25) is 9.78 Å². The van der Waals surface area contributed by atoms with E-state index in [1.54, 1.807) is 12.4 Å². The van der Waals surface area contributed by atoms with Crippen molar-refractivity contribution in [2.75, 3.05) is 18.0 Å². The molecule has 9 heteroatoms. The number of rotatable bonds is 4. The molecule has 2 aromatic rings. The average Bonchev–Trinajstić information content (AvgIpc) is 2.95. The molecule has 2 aliphatic rings. The second-order valence-corrected chi connectivity index (χ2v) is 10.8. The van der Waals surface area contributed by atoms with Crippen LogP contribution in [-0.2, 0) is 14.7 Å². The largest absolute Gasteiger partial charge is 0.516 e. The first-order chi connectivity index (χ1) is 15.3. The van der Waals surface area contributed by atoms with Crippen molar-refractivity contribution in [3.63, 3.8) is 0 Å². The Morgan fingerprint density at radius 1 is 1.06 bits per heavy atom. The Kier molecular flexibility index (Phi) is 6.00. The number of hydrogen-bond acceptors (Lipinski definition) is 6. The topological polar surface area (TPSA) is 90.6 Å². The lowest BCUT2D eigenvalue weighted by molar-refractivity contribution is 0.00578. The summed E-state index contributed by atoms with van der Waals surface area (Å²) < 4.78 is 12.1. The number of piperidine rings is 1. The number of halogens is 1. The second kappa shape index (κ2) is 8.26. The van der Waals surface area contributed by atoms with Gasteiger partial charge in [0.05, 0.1) is 33.6 Å². The molecule has 4 rings (SSSR count). The highest BCUT2D eigenvalue weighted by atomic mass is 35.5. The van der Waals surface area contributed by atoms with Crippen molar-refractivity contribution in [3.05, 3.63) is 46.2 Å². The summed E-state index contributed by atoms with van der Waals surface area (Å²) in [6.07, 6.45) is 5.26. The fourth-order valence-corrected chi connectivity index (χ4v) is 5.05. The summed E-state index contributed by atoms with van der Waals surface area (Å²) in [6.45, 7) is 13.7. The minimum absolute atomic E-state index is 0.151. The molecular formula is C24H32BClN4O3. The number of hydrogen-bond donors (Lipinski definition) is 1. The number of carbonyl (C=O) groups excluding carboxylic acids is 1. The quantitative estimate of drug-likeness (QED) is 0.689. The van der Waals surface area contributed by atoms with Gasteiger partial charge >= 0.3 is 7.12 Å². The molecular weight excluding hydrogens is 439 g/mol. The highest BCUT2D eigenvalue weighted by Crippen LogP contribution is 2.41. The van der Waals surface area contributed by atoms with Crippen molar-refractivity contribution in [2.45, 2.75) is 71.0 Å². The molecule has 0 bridgehead atoms. The Hall–Kier alpha value is -2.16. The van der Waals surface area contributed by atoms with Gasteiger partial charge in [-0.2, -0.15) is 0 Å². The smallest absolute Gasteiger partial charge is 0.398 e. The van der Waals surface area contributed by atoms with Crippen LogP contribution in [0.3, 0.4) is 0 Å². The highest BCUT2D eigenvalue weighted by molar-refractivity contribution is 6.61. The molecule has 7 nitrogen and oxygen atoms in total. The lowest BCUT2D eigenvalue weighted by Crippen LogP contribution is -2.42. The fourth-order valence-electron chi connectivity index (χ4n) is 4.52. The summed E-state index contributed by atoms with van der Waals surface area (Å²) in [5.74, 6) is 0.336. The molecule has 0 unspecified atom stereocenters. The first-order valence-electron chi connectivity index (χ1n) is 11.4. The van der Waals surface area contributed by atoms with Crippen LogP contribution in [0, 0.1) is 6.92 Å². The van der Waals surface area contributed by atoms with Crippen LogP contribution in [0.25, 0.3) is 0 Å². The number of primary amides is 1. The Balaban J connectivity index is 1.47. The van der Waals surface area contributed by atoms with Crippen LogP contribution in [-0.4, -0.2) is 47.3 Å². The van der Waals surface area contributed by atoms with E-state index >= 15 is 0 Å². The van der Waals surface area contributed by atoms with Crippen molar-refractivity contribution < 1.29 is 14.1 Å². The number of aromatic nitrogens is 2. The number of amides is 1. The average molecular weight is 471 g/mol. The van der Waals surface area contributed by atoms with E-state index < -0.39 is 24.2 Å². The van der Waals surface area contributed by atoms with Crippen LogP contribution in [0.15, 0.2) is 24.5 Å². The molecule has 0 spiro atoms. The molecule has 2 aliphatic heterocycles. The van der Waals surface area contributed by atoms with Crippen molar-refractivity contribution in [1.29, 1.82) is 0 Å². The van der Waals surface area contributed by atoms with Gasteiger partial charge in [0, 0.05) is 19.3 Å². The molecule has 0 atom stereocenters. The third kappa shape index (κ3) is 4.24. The SMILES string of the molecule is Cc1ccc(C2(C)CCN(c3cnc(B4OC(C)(C)C(C)(C)O4)cn3)CC2)c(Cl)c1C(N)=O. The maximum atomic E-state index is 11.9. The van der Waals surface area contributed by atoms with Crippen LogP contribution < -0.4 is 16.2 Å². The molecule has 176 valence electrons. The minimum atomic E-state index is -0.524. The van der Waals surface area contributed by atoms with E-state index in [0.717, 1.165) is 42.9 Å². The number of benzene rings is 1. The number of nitrogens with zero attached hydrogens (tertiary/aromatic N) is 3. The van der Waals surface area contributed by atoms with Crippen molar-refractivity contribution in [2.24, 2.45) is 5.73 Å². The molecule has 3 heterocycles. The normalized spacial score (nSPS) is 21.3. The maximum Gasteiger partial charge on any atom is 0.516 e. The summed E-state index contributed by atoms with van der Waals surface area (Å²) >= 11 is 6.64. The number of anilines is 1. The monoisotopic (exact) mass is 470 g/mol. The van der Waals surface area contributed by atoms with Gasteiger partial charge < -0.3 is 19.9 Å². The summed E-state index contributed by atoms with van der Waals surface area (Å²) in [4.78, 5) is 23.4. The highest BCUT2D eigenvalue weighted by Gasteiger charge is 2.52. The molecule has 2 fully saturated rings. The van der Waals surface area contributed by atoms with E-state index in [0.29, 0.717) is 16.2 Å². The van der Waals surface area contributed by atoms with Crippen LogP contribution in [0.5, 0.6) is 0 Å². The maximum absolute atomic E-state index is 11.9. The van der Waals surface area contributed by atoms with Crippen molar-refractivity contribution in [1.82, 2.24) is 9.97 Å². The summed E-state index contributed by atoms with van der Waals surface area (Å²) in [5.41, 5.74) is 7.46. The van der Waals surface area contributed by atoms with Gasteiger partial charge in [-0.1, -0.05) is 30.7 Å². The van der Waals surface area contributed by atoms with E-state index in [1.165, 1.54) is 0 Å². The van der Waals surface area contributed by atoms with Gasteiger partial charge in [0.1, 0.15) is 5.82 Å². The summed E-state index contributed by atoms with van der Waals surface area (Å²) in [5, 5.41) is 0.477. The molecule has 1 amide bonds. The minimum Gasteiger partial charge on any atom is -0.398 e. The van der Waals surface area contributed by atoms with Crippen LogP contribution in [0.2, 0.25) is 5.02 Å². The molecule has 2 N–H and O–H groups in total. The Morgan fingerprint density at radius 2 is 1.67 bits per heavy atom. The zero-order valence-electron chi connectivity index (χ0n) is 20.2. The summed E-state index contributed by atoms with van der Waals surface area (Å²) in [6, 6.07) is 3.96. The van der Waals surface area contributed by atoms with E-state index in [4.69, 9.17) is 26.6 Å². The Morgan fingerprint density at radius 3 is 2.18 bits per heavy atom. The predicted octanol–water partition coefficient (Wildman–Crippen LogP) is 3.39. The zero-order chi connectivity index (χ0) is 24.2. The van der Waals surface area contributed by atoms with Crippen LogP contribution in [0.1, 0.15) is 68.9 Å². The number of aryl methyl sites for hydroxylation is 1. The molecule has 1 aromatic carbocycles. The molecule has 1 aromatic heterocycles. The zero-order valence-corrected chi connectivity index (χ0v) is 21.0. The van der Waals surface area contributed by atoms with Crippen LogP contribution in [0.4, 0.5) is 5.82 Å². The van der Waals surface area contributed by atoms with Gasteiger partial charge in [0.15, 0.2) is 0 Å². The molecule has 0 aliphatic carbocycles. The predicted molar refractivity (Wildman–Crippen MR) is 131 cm³/mol. The van der Waals surface area contributed by atoms with Gasteiger partial charge in [0.2, 0.25) is 5.91 Å². The lowest BCUT2D eigenvalue weighted by atomic mass is 9.73. The van der Waals surface area contributed by atoms with Gasteiger partial charge in [-0.25, -0.2) is 4.98 Å². The van der Waals surface area contributed by atoms with E-state index in [1.807, 2.05) is 46.8 Å². The number of nitrogens with two attached hydrogens (primary N) is 1. The molecule has 33 heavy (non-hydrogen) atoms. The fraction of sp³-hybridized carbons (Fsp3) is 0.542. The van der Waals surface area contributed by atoms with Crippen molar-refractivity contribution >= 4 is 36.0 Å². The van der Waals surface area contributed by atoms with Crippen molar-refractivity contribution in [3.8, 4) is 0 Å².